The minimum Gasteiger partial charge on any atom is -0.452 e. The molecule has 0 radical (unpaired) electrons. The van der Waals surface area contributed by atoms with Crippen LogP contribution in [-0.2, 0) is 14.3 Å². The van der Waals surface area contributed by atoms with Crippen LogP contribution >= 0.6 is 0 Å². The van der Waals surface area contributed by atoms with E-state index in [1.54, 1.807) is 18.2 Å². The van der Waals surface area contributed by atoms with Gasteiger partial charge in [-0.1, -0.05) is 24.3 Å². The molecule has 2 aromatic carbocycles. The van der Waals surface area contributed by atoms with Gasteiger partial charge in [0.1, 0.15) is 0 Å². The number of carbonyl (C=O) groups excluding carboxylic acids is 5. The lowest BCUT2D eigenvalue weighted by Gasteiger charge is -2.20. The Hall–Kier alpha value is -3.81. The van der Waals surface area contributed by atoms with E-state index in [0.29, 0.717) is 13.0 Å². The number of benzene rings is 2. The number of hydrogen-bond acceptors (Lipinski definition) is 7. The summed E-state index contributed by atoms with van der Waals surface area (Å²) in [6.07, 6.45) is 0.864. The number of ketones is 2. The number of imide groups is 1. The normalized spacial score (nSPS) is 15.2. The van der Waals surface area contributed by atoms with Crippen molar-refractivity contribution in [3.63, 3.8) is 0 Å². The molecule has 2 N–H and O–H groups in total. The van der Waals surface area contributed by atoms with Crippen molar-refractivity contribution in [2.75, 3.05) is 18.9 Å². The van der Waals surface area contributed by atoms with Crippen LogP contribution in [0.4, 0.5) is 5.69 Å². The second-order valence-corrected chi connectivity index (χ2v) is 6.77. The molecule has 1 saturated heterocycles. The first-order chi connectivity index (χ1) is 13.9. The largest absolute Gasteiger partial charge is 0.452 e. The first-order valence-electron chi connectivity index (χ1n) is 9.01. The van der Waals surface area contributed by atoms with E-state index in [1.165, 1.54) is 18.2 Å². The number of amides is 2. The standard InChI is InChI=1S/C21H16N2O6/c22-18-14(21(28)29-10-16(25)23-9-3-6-15(23)24)8-7-13-17(18)20(27)12-5-2-1-4-11(12)19(13)26/h1-2,4-5,7-8H,3,6,9-10,22H2. The summed E-state index contributed by atoms with van der Waals surface area (Å²) in [7, 11) is 0. The zero-order valence-electron chi connectivity index (χ0n) is 15.3. The number of nitrogens with two attached hydrogens (primary N) is 1. The number of ether oxygens (including phenoxy) is 1. The van der Waals surface area contributed by atoms with E-state index >= 15 is 0 Å². The molecule has 1 fully saturated rings. The van der Waals surface area contributed by atoms with E-state index in [0.717, 1.165) is 4.90 Å². The third kappa shape index (κ3) is 2.98. The number of hydrogen-bond donors (Lipinski definition) is 1. The van der Waals surface area contributed by atoms with Gasteiger partial charge in [0.15, 0.2) is 18.2 Å². The third-order valence-corrected chi connectivity index (χ3v) is 5.05. The quantitative estimate of drug-likeness (QED) is 0.527. The smallest absolute Gasteiger partial charge is 0.340 e. The zero-order chi connectivity index (χ0) is 20.7. The van der Waals surface area contributed by atoms with Crippen LogP contribution in [0.1, 0.15) is 55.0 Å². The van der Waals surface area contributed by atoms with Crippen LogP contribution in [-0.4, -0.2) is 47.4 Å². The van der Waals surface area contributed by atoms with E-state index in [1.807, 2.05) is 0 Å². The van der Waals surface area contributed by atoms with E-state index in [-0.39, 0.29) is 51.6 Å². The van der Waals surface area contributed by atoms with Gasteiger partial charge in [0.2, 0.25) is 5.91 Å². The minimum absolute atomic E-state index is 0.0517. The summed E-state index contributed by atoms with van der Waals surface area (Å²) in [6, 6.07) is 9.02. The average Bonchev–Trinajstić information content (AvgIpc) is 3.15. The van der Waals surface area contributed by atoms with Gasteiger partial charge in [0, 0.05) is 29.7 Å². The fourth-order valence-corrected chi connectivity index (χ4v) is 3.59. The van der Waals surface area contributed by atoms with Gasteiger partial charge in [0.25, 0.3) is 5.91 Å². The molecule has 2 aromatic rings. The SMILES string of the molecule is Nc1c(C(=O)OCC(=O)N2CCCC2=O)ccc2c1C(=O)c1ccccc1C2=O. The first kappa shape index (κ1) is 18.5. The summed E-state index contributed by atoms with van der Waals surface area (Å²) in [5, 5.41) is 0. The van der Waals surface area contributed by atoms with Gasteiger partial charge in [-0.3, -0.25) is 24.1 Å². The lowest BCUT2D eigenvalue weighted by atomic mass is 9.82. The van der Waals surface area contributed by atoms with Crippen LogP contribution in [0.2, 0.25) is 0 Å². The number of rotatable bonds is 3. The highest BCUT2D eigenvalue weighted by Crippen LogP contribution is 2.32. The van der Waals surface area contributed by atoms with Gasteiger partial charge in [-0.25, -0.2) is 4.79 Å². The van der Waals surface area contributed by atoms with E-state index in [2.05, 4.69) is 0 Å². The van der Waals surface area contributed by atoms with Crippen molar-refractivity contribution in [1.82, 2.24) is 4.90 Å². The van der Waals surface area contributed by atoms with Crippen LogP contribution < -0.4 is 5.73 Å². The van der Waals surface area contributed by atoms with Crippen molar-refractivity contribution < 1.29 is 28.7 Å². The fourth-order valence-electron chi connectivity index (χ4n) is 3.59. The van der Waals surface area contributed by atoms with Crippen molar-refractivity contribution in [2.24, 2.45) is 0 Å². The Labute approximate surface area is 165 Å². The summed E-state index contributed by atoms with van der Waals surface area (Å²) < 4.78 is 5.00. The maximum absolute atomic E-state index is 12.8. The minimum atomic E-state index is -0.913. The van der Waals surface area contributed by atoms with E-state index in [9.17, 15) is 24.0 Å². The predicted octanol–water partition coefficient (Wildman–Crippen LogP) is 1.35. The monoisotopic (exact) mass is 392 g/mol. The molecule has 29 heavy (non-hydrogen) atoms. The number of nitrogen functional groups attached to an aromatic ring is 1. The molecule has 0 aromatic heterocycles. The molecule has 1 aliphatic heterocycles. The Morgan fingerprint density at radius 2 is 1.66 bits per heavy atom. The van der Waals surface area contributed by atoms with Crippen molar-refractivity contribution in [3.8, 4) is 0 Å². The van der Waals surface area contributed by atoms with Crippen LogP contribution in [0, 0.1) is 0 Å². The Balaban J connectivity index is 1.59. The van der Waals surface area contributed by atoms with Crippen molar-refractivity contribution in [1.29, 1.82) is 0 Å². The predicted molar refractivity (Wildman–Crippen MR) is 100 cm³/mol. The number of likely N-dealkylation sites (tertiary alicyclic amines) is 1. The van der Waals surface area contributed by atoms with Gasteiger partial charge in [0.05, 0.1) is 16.8 Å². The van der Waals surface area contributed by atoms with Gasteiger partial charge >= 0.3 is 5.97 Å². The van der Waals surface area contributed by atoms with Gasteiger partial charge in [-0.15, -0.1) is 0 Å². The lowest BCUT2D eigenvalue weighted by Crippen LogP contribution is -2.35. The molecule has 0 unspecified atom stereocenters. The summed E-state index contributed by atoms with van der Waals surface area (Å²) in [5.41, 5.74) is 6.30. The lowest BCUT2D eigenvalue weighted by molar-refractivity contribution is -0.143. The second kappa shape index (κ2) is 6.97. The summed E-state index contributed by atoms with van der Waals surface area (Å²) in [6.45, 7) is -0.316. The van der Waals surface area contributed by atoms with Gasteiger partial charge in [-0.05, 0) is 18.6 Å². The second-order valence-electron chi connectivity index (χ2n) is 6.77. The number of anilines is 1. The number of nitrogens with zero attached hydrogens (tertiary/aromatic N) is 1. The van der Waals surface area contributed by atoms with E-state index in [4.69, 9.17) is 10.5 Å². The maximum atomic E-state index is 12.8. The van der Waals surface area contributed by atoms with E-state index < -0.39 is 24.3 Å². The molecule has 1 heterocycles. The van der Waals surface area contributed by atoms with Crippen LogP contribution in [0.15, 0.2) is 36.4 Å². The molecule has 8 heteroatoms. The molecule has 0 saturated carbocycles. The van der Waals surface area contributed by atoms with Crippen molar-refractivity contribution in [2.45, 2.75) is 12.8 Å². The summed E-state index contributed by atoms with van der Waals surface area (Å²) in [5.74, 6) is -2.64. The summed E-state index contributed by atoms with van der Waals surface area (Å²) in [4.78, 5) is 62.6. The van der Waals surface area contributed by atoms with Crippen molar-refractivity contribution in [3.05, 3.63) is 64.2 Å². The topological polar surface area (TPSA) is 124 Å². The molecule has 8 nitrogen and oxygen atoms in total. The highest BCUT2D eigenvalue weighted by Gasteiger charge is 2.33. The number of carbonyl (C=O) groups is 5. The van der Waals surface area contributed by atoms with Gasteiger partial charge in [-0.2, -0.15) is 0 Å². The molecule has 146 valence electrons. The Morgan fingerprint density at radius 3 is 2.31 bits per heavy atom. The highest BCUT2D eigenvalue weighted by atomic mass is 16.5. The van der Waals surface area contributed by atoms with Crippen LogP contribution in [0.3, 0.4) is 0 Å². The molecule has 0 spiro atoms. The first-order valence-corrected chi connectivity index (χ1v) is 9.01. The zero-order valence-corrected chi connectivity index (χ0v) is 15.3. The molecular formula is C21H16N2O6. The molecule has 2 amide bonds. The fraction of sp³-hybridized carbons (Fsp3) is 0.190. The number of esters is 1. The van der Waals surface area contributed by atoms with Crippen LogP contribution in [0.5, 0.6) is 0 Å². The third-order valence-electron chi connectivity index (χ3n) is 5.05. The molecule has 0 atom stereocenters. The highest BCUT2D eigenvalue weighted by molar-refractivity contribution is 6.30. The molecule has 1 aliphatic carbocycles. The van der Waals surface area contributed by atoms with Crippen LogP contribution in [0.25, 0.3) is 0 Å². The number of fused-ring (bicyclic) bond motifs is 2. The molecule has 0 bridgehead atoms. The molecular weight excluding hydrogens is 376 g/mol. The van der Waals surface area contributed by atoms with Crippen molar-refractivity contribution >= 4 is 35.0 Å². The Morgan fingerprint density at radius 1 is 0.966 bits per heavy atom. The Kier molecular flexibility index (Phi) is 4.46. The summed E-state index contributed by atoms with van der Waals surface area (Å²) >= 11 is 0. The van der Waals surface area contributed by atoms with Gasteiger partial charge < -0.3 is 10.5 Å². The maximum Gasteiger partial charge on any atom is 0.340 e. The Bertz CT molecular complexity index is 1100. The average molecular weight is 392 g/mol. The molecule has 2 aliphatic rings. The molecule has 4 rings (SSSR count).